The minimum absolute atomic E-state index is 0.509. The van der Waals surface area contributed by atoms with Gasteiger partial charge in [0.15, 0.2) is 11.5 Å². The summed E-state index contributed by atoms with van der Waals surface area (Å²) in [5.41, 5.74) is 2.09. The van der Waals surface area contributed by atoms with E-state index >= 15 is 0 Å². The zero-order valence-corrected chi connectivity index (χ0v) is 15.4. The van der Waals surface area contributed by atoms with Crippen LogP contribution in [0.25, 0.3) is 11.6 Å². The van der Waals surface area contributed by atoms with Crippen LogP contribution in [0.2, 0.25) is 0 Å². The number of methoxy groups -OCH3 is 2. The third-order valence-corrected chi connectivity index (χ3v) is 3.88. The summed E-state index contributed by atoms with van der Waals surface area (Å²) in [6.07, 6.45) is 1.80. The standard InChI is InChI=1S/C19H18BrNO3/c1-4-24-17-8-6-16(20)10-14(17)9-15(12-21)13-5-7-18(22-2)19(11-13)23-3/h5-11H,4H2,1-3H3/b15-9+. The van der Waals surface area contributed by atoms with E-state index in [9.17, 15) is 5.26 Å². The molecule has 0 fully saturated rings. The fraction of sp³-hybridized carbons (Fsp3) is 0.211. The zero-order chi connectivity index (χ0) is 17.5. The number of allylic oxidation sites excluding steroid dienone is 1. The van der Waals surface area contributed by atoms with Crippen LogP contribution in [0.15, 0.2) is 40.9 Å². The van der Waals surface area contributed by atoms with Crippen LogP contribution >= 0.6 is 15.9 Å². The van der Waals surface area contributed by atoms with Crippen molar-refractivity contribution in [1.82, 2.24) is 0 Å². The fourth-order valence-corrected chi connectivity index (χ4v) is 2.64. The van der Waals surface area contributed by atoms with E-state index in [1.807, 2.05) is 31.2 Å². The number of hydrogen-bond donors (Lipinski definition) is 0. The SMILES string of the molecule is CCOc1ccc(Br)cc1/C=C(\C#N)c1ccc(OC)c(OC)c1. The number of halogens is 1. The molecule has 5 heteroatoms. The van der Waals surface area contributed by atoms with Crippen molar-refractivity contribution >= 4 is 27.6 Å². The Bertz CT molecular complexity index is 794. The van der Waals surface area contributed by atoms with Crippen LogP contribution in [0.1, 0.15) is 18.1 Å². The molecule has 2 aromatic rings. The largest absolute Gasteiger partial charge is 0.493 e. The molecule has 4 nitrogen and oxygen atoms in total. The number of nitrogens with zero attached hydrogens (tertiary/aromatic N) is 1. The van der Waals surface area contributed by atoms with Crippen molar-refractivity contribution in [3.63, 3.8) is 0 Å². The highest BCUT2D eigenvalue weighted by atomic mass is 79.9. The van der Waals surface area contributed by atoms with Gasteiger partial charge in [0.1, 0.15) is 5.75 Å². The molecule has 0 unspecified atom stereocenters. The molecule has 0 aliphatic rings. The number of hydrogen-bond acceptors (Lipinski definition) is 4. The monoisotopic (exact) mass is 387 g/mol. The van der Waals surface area contributed by atoms with E-state index in [1.54, 1.807) is 32.4 Å². The average molecular weight is 388 g/mol. The number of ether oxygens (including phenoxy) is 3. The van der Waals surface area contributed by atoms with E-state index in [0.29, 0.717) is 23.7 Å². The summed E-state index contributed by atoms with van der Waals surface area (Å²) in [4.78, 5) is 0. The third-order valence-electron chi connectivity index (χ3n) is 3.39. The summed E-state index contributed by atoms with van der Waals surface area (Å²) >= 11 is 3.45. The van der Waals surface area contributed by atoms with E-state index < -0.39 is 0 Å². The second kappa shape index (κ2) is 8.42. The Morgan fingerprint density at radius 2 is 1.79 bits per heavy atom. The Hall–Kier alpha value is -2.45. The molecule has 0 saturated heterocycles. The molecule has 0 saturated carbocycles. The Morgan fingerprint density at radius 1 is 1.08 bits per heavy atom. The van der Waals surface area contributed by atoms with Crippen molar-refractivity contribution in [2.24, 2.45) is 0 Å². The molecule has 124 valence electrons. The summed E-state index contributed by atoms with van der Waals surface area (Å²) < 4.78 is 17.1. The predicted molar refractivity (Wildman–Crippen MR) is 98.3 cm³/mol. The summed E-state index contributed by atoms with van der Waals surface area (Å²) in [6, 6.07) is 13.3. The highest BCUT2D eigenvalue weighted by molar-refractivity contribution is 9.10. The Kier molecular flexibility index (Phi) is 6.28. The van der Waals surface area contributed by atoms with E-state index in [2.05, 4.69) is 22.0 Å². The second-order valence-electron chi connectivity index (χ2n) is 4.85. The number of nitriles is 1. The minimum atomic E-state index is 0.509. The first-order chi connectivity index (χ1) is 11.6. The maximum atomic E-state index is 9.58. The van der Waals surface area contributed by atoms with Crippen LogP contribution < -0.4 is 14.2 Å². The lowest BCUT2D eigenvalue weighted by molar-refractivity contribution is 0.339. The van der Waals surface area contributed by atoms with Gasteiger partial charge in [0.2, 0.25) is 0 Å². The molecule has 0 spiro atoms. The maximum absolute atomic E-state index is 9.58. The molecule has 0 aromatic heterocycles. The lowest BCUT2D eigenvalue weighted by Crippen LogP contribution is -1.95. The van der Waals surface area contributed by atoms with Gasteiger partial charge in [-0.05, 0) is 55.0 Å². The van der Waals surface area contributed by atoms with Crippen LogP contribution in [0, 0.1) is 11.3 Å². The van der Waals surface area contributed by atoms with E-state index in [-0.39, 0.29) is 0 Å². The molecule has 0 radical (unpaired) electrons. The van der Waals surface area contributed by atoms with Crippen molar-refractivity contribution in [2.45, 2.75) is 6.92 Å². The van der Waals surface area contributed by atoms with Crippen molar-refractivity contribution in [1.29, 1.82) is 5.26 Å². The van der Waals surface area contributed by atoms with Gasteiger partial charge in [0, 0.05) is 10.0 Å². The van der Waals surface area contributed by atoms with Crippen molar-refractivity contribution < 1.29 is 14.2 Å². The van der Waals surface area contributed by atoms with Gasteiger partial charge in [0.25, 0.3) is 0 Å². The van der Waals surface area contributed by atoms with Crippen LogP contribution in [0.5, 0.6) is 17.2 Å². The van der Waals surface area contributed by atoms with Crippen LogP contribution in [-0.2, 0) is 0 Å². The van der Waals surface area contributed by atoms with Gasteiger partial charge in [-0.3, -0.25) is 0 Å². The van der Waals surface area contributed by atoms with Gasteiger partial charge in [-0.1, -0.05) is 15.9 Å². The summed E-state index contributed by atoms with van der Waals surface area (Å²) in [5, 5.41) is 9.58. The van der Waals surface area contributed by atoms with Crippen LogP contribution in [0.3, 0.4) is 0 Å². The molecule has 2 rings (SSSR count). The highest BCUT2D eigenvalue weighted by Crippen LogP contribution is 2.32. The maximum Gasteiger partial charge on any atom is 0.161 e. The first-order valence-electron chi connectivity index (χ1n) is 7.39. The molecule has 0 aliphatic heterocycles. The lowest BCUT2D eigenvalue weighted by Gasteiger charge is -2.10. The molecule has 0 bridgehead atoms. The average Bonchev–Trinajstić information content (AvgIpc) is 2.61. The van der Waals surface area contributed by atoms with Gasteiger partial charge in [-0.2, -0.15) is 5.26 Å². The molecule has 0 atom stereocenters. The topological polar surface area (TPSA) is 51.5 Å². The fourth-order valence-electron chi connectivity index (χ4n) is 2.26. The molecular weight excluding hydrogens is 370 g/mol. The molecule has 0 heterocycles. The van der Waals surface area contributed by atoms with Gasteiger partial charge < -0.3 is 14.2 Å². The van der Waals surface area contributed by atoms with Crippen molar-refractivity contribution in [3.05, 3.63) is 52.0 Å². The Morgan fingerprint density at radius 3 is 2.42 bits per heavy atom. The van der Waals surface area contributed by atoms with Gasteiger partial charge in [-0.15, -0.1) is 0 Å². The molecule has 0 N–H and O–H groups in total. The zero-order valence-electron chi connectivity index (χ0n) is 13.8. The van der Waals surface area contributed by atoms with E-state index in [1.165, 1.54) is 0 Å². The summed E-state index contributed by atoms with van der Waals surface area (Å²) in [7, 11) is 3.15. The Labute approximate surface area is 150 Å². The molecule has 24 heavy (non-hydrogen) atoms. The molecular formula is C19H18BrNO3. The third kappa shape index (κ3) is 4.09. The van der Waals surface area contributed by atoms with Gasteiger partial charge >= 0.3 is 0 Å². The van der Waals surface area contributed by atoms with E-state index in [4.69, 9.17) is 14.2 Å². The van der Waals surface area contributed by atoms with Gasteiger partial charge in [-0.25, -0.2) is 0 Å². The lowest BCUT2D eigenvalue weighted by atomic mass is 10.0. The van der Waals surface area contributed by atoms with Crippen molar-refractivity contribution in [2.75, 3.05) is 20.8 Å². The number of benzene rings is 2. The quantitative estimate of drug-likeness (QED) is 0.520. The van der Waals surface area contributed by atoms with Crippen LogP contribution in [-0.4, -0.2) is 20.8 Å². The predicted octanol–water partition coefficient (Wildman–Crippen LogP) is 4.93. The summed E-state index contributed by atoms with van der Waals surface area (Å²) in [5.74, 6) is 1.93. The van der Waals surface area contributed by atoms with Crippen molar-refractivity contribution in [3.8, 4) is 23.3 Å². The molecule has 0 amide bonds. The second-order valence-corrected chi connectivity index (χ2v) is 5.77. The Balaban J connectivity index is 2.51. The first-order valence-corrected chi connectivity index (χ1v) is 8.18. The molecule has 0 aliphatic carbocycles. The first kappa shape index (κ1) is 17.9. The van der Waals surface area contributed by atoms with Crippen LogP contribution in [0.4, 0.5) is 0 Å². The summed E-state index contributed by atoms with van der Waals surface area (Å²) in [6.45, 7) is 2.48. The van der Waals surface area contributed by atoms with Gasteiger partial charge in [0.05, 0.1) is 32.5 Å². The smallest absolute Gasteiger partial charge is 0.161 e. The number of rotatable bonds is 6. The normalized spacial score (nSPS) is 10.9. The minimum Gasteiger partial charge on any atom is -0.493 e. The molecule has 2 aromatic carbocycles. The van der Waals surface area contributed by atoms with E-state index in [0.717, 1.165) is 21.3 Å². The highest BCUT2D eigenvalue weighted by Gasteiger charge is 2.10.